The minimum Gasteiger partial charge on any atom is -0.321 e. The number of amides is 3. The highest BCUT2D eigenvalue weighted by atomic mass is 16.2. The SMILES string of the molecule is CC1CN(C2CCN3CCCC3C2)C(=O)NC1=O. The van der Waals surface area contributed by atoms with E-state index >= 15 is 0 Å². The molecule has 3 aliphatic rings. The second-order valence-corrected chi connectivity index (χ2v) is 5.86. The molecule has 0 aromatic carbocycles. The van der Waals surface area contributed by atoms with E-state index < -0.39 is 0 Å². The van der Waals surface area contributed by atoms with Gasteiger partial charge in [0.2, 0.25) is 5.91 Å². The Bertz CT molecular complexity index is 371. The molecule has 0 aromatic heterocycles. The molecule has 3 atom stereocenters. The molecule has 0 radical (unpaired) electrons. The van der Waals surface area contributed by atoms with Gasteiger partial charge in [-0.05, 0) is 32.2 Å². The number of fused-ring (bicyclic) bond motifs is 1. The van der Waals surface area contributed by atoms with Gasteiger partial charge < -0.3 is 9.80 Å². The van der Waals surface area contributed by atoms with Crippen LogP contribution in [-0.4, -0.2) is 53.5 Å². The van der Waals surface area contributed by atoms with Crippen molar-refractivity contribution in [2.75, 3.05) is 19.6 Å². The monoisotopic (exact) mass is 251 g/mol. The number of rotatable bonds is 1. The topological polar surface area (TPSA) is 52.6 Å². The van der Waals surface area contributed by atoms with Crippen molar-refractivity contribution in [2.45, 2.75) is 44.7 Å². The van der Waals surface area contributed by atoms with Crippen molar-refractivity contribution in [3.05, 3.63) is 0 Å². The first-order chi connectivity index (χ1) is 8.65. The molecule has 0 aliphatic carbocycles. The standard InChI is InChI=1S/C13H21N3O2/c1-9-8-16(13(18)14-12(9)17)11-4-6-15-5-2-3-10(15)7-11/h9-11H,2-8H2,1H3,(H,14,17,18). The first-order valence-corrected chi connectivity index (χ1v) is 7.00. The van der Waals surface area contributed by atoms with E-state index in [0.717, 1.165) is 19.4 Å². The molecule has 1 N–H and O–H groups in total. The molecule has 0 bridgehead atoms. The molecule has 3 fully saturated rings. The molecule has 5 nitrogen and oxygen atoms in total. The molecule has 3 rings (SSSR count). The highest BCUT2D eigenvalue weighted by Gasteiger charge is 2.39. The van der Waals surface area contributed by atoms with Gasteiger partial charge in [-0.2, -0.15) is 0 Å². The van der Waals surface area contributed by atoms with E-state index in [1.54, 1.807) is 0 Å². The third-order valence-corrected chi connectivity index (χ3v) is 4.64. The molecule has 5 heteroatoms. The number of hydrogen-bond acceptors (Lipinski definition) is 3. The van der Waals surface area contributed by atoms with Crippen LogP contribution in [0.25, 0.3) is 0 Å². The number of imide groups is 1. The van der Waals surface area contributed by atoms with Crippen molar-refractivity contribution in [1.29, 1.82) is 0 Å². The first-order valence-electron chi connectivity index (χ1n) is 7.00. The Morgan fingerprint density at radius 1 is 1.17 bits per heavy atom. The molecule has 3 amide bonds. The van der Waals surface area contributed by atoms with Crippen molar-refractivity contribution in [2.24, 2.45) is 5.92 Å². The minimum atomic E-state index is -0.186. The van der Waals surface area contributed by atoms with Gasteiger partial charge in [-0.1, -0.05) is 6.92 Å². The van der Waals surface area contributed by atoms with Crippen LogP contribution in [0.1, 0.15) is 32.6 Å². The van der Waals surface area contributed by atoms with Gasteiger partial charge in [-0.25, -0.2) is 4.79 Å². The fraction of sp³-hybridized carbons (Fsp3) is 0.846. The van der Waals surface area contributed by atoms with E-state index in [1.807, 2.05) is 11.8 Å². The van der Waals surface area contributed by atoms with Crippen molar-refractivity contribution < 1.29 is 9.59 Å². The van der Waals surface area contributed by atoms with E-state index in [2.05, 4.69) is 10.2 Å². The van der Waals surface area contributed by atoms with Crippen LogP contribution in [-0.2, 0) is 4.79 Å². The molecule has 0 saturated carbocycles. The predicted molar refractivity (Wildman–Crippen MR) is 67.0 cm³/mol. The van der Waals surface area contributed by atoms with Gasteiger partial charge in [0.05, 0.1) is 5.92 Å². The molecule has 0 aromatic rings. The molecular formula is C13H21N3O2. The average Bonchev–Trinajstić information content (AvgIpc) is 2.80. The Morgan fingerprint density at radius 2 is 2.00 bits per heavy atom. The number of piperidine rings is 1. The maximum absolute atomic E-state index is 11.9. The van der Waals surface area contributed by atoms with Crippen LogP contribution in [0.2, 0.25) is 0 Å². The van der Waals surface area contributed by atoms with Gasteiger partial charge in [0.1, 0.15) is 0 Å². The summed E-state index contributed by atoms with van der Waals surface area (Å²) in [6.45, 7) is 4.79. The Labute approximate surface area is 107 Å². The summed E-state index contributed by atoms with van der Waals surface area (Å²) in [7, 11) is 0. The Balaban J connectivity index is 1.67. The van der Waals surface area contributed by atoms with Crippen LogP contribution in [0, 0.1) is 5.92 Å². The van der Waals surface area contributed by atoms with E-state index in [4.69, 9.17) is 0 Å². The van der Waals surface area contributed by atoms with Crippen LogP contribution in [0.4, 0.5) is 4.79 Å². The third-order valence-electron chi connectivity index (χ3n) is 4.64. The normalized spacial score (nSPS) is 37.6. The summed E-state index contributed by atoms with van der Waals surface area (Å²) in [5.74, 6) is -0.209. The van der Waals surface area contributed by atoms with Crippen molar-refractivity contribution in [1.82, 2.24) is 15.1 Å². The first kappa shape index (κ1) is 12.0. The van der Waals surface area contributed by atoms with Gasteiger partial charge in [0.15, 0.2) is 0 Å². The number of nitrogens with zero attached hydrogens (tertiary/aromatic N) is 2. The Morgan fingerprint density at radius 3 is 2.83 bits per heavy atom. The molecule has 0 spiro atoms. The summed E-state index contributed by atoms with van der Waals surface area (Å²) >= 11 is 0. The number of carbonyl (C=O) groups excluding carboxylic acids is 2. The maximum Gasteiger partial charge on any atom is 0.324 e. The Kier molecular flexibility index (Phi) is 3.01. The van der Waals surface area contributed by atoms with Gasteiger partial charge in [-0.15, -0.1) is 0 Å². The minimum absolute atomic E-state index is 0.0793. The number of carbonyl (C=O) groups is 2. The van der Waals surface area contributed by atoms with Crippen molar-refractivity contribution in [3.63, 3.8) is 0 Å². The summed E-state index contributed by atoms with van der Waals surface area (Å²) < 4.78 is 0. The summed E-state index contributed by atoms with van der Waals surface area (Å²) in [4.78, 5) is 27.8. The van der Waals surface area contributed by atoms with Gasteiger partial charge in [-0.3, -0.25) is 10.1 Å². The summed E-state index contributed by atoms with van der Waals surface area (Å²) in [6, 6.07) is 0.791. The van der Waals surface area contributed by atoms with Crippen LogP contribution in [0.15, 0.2) is 0 Å². The molecule has 100 valence electrons. The number of nitrogens with one attached hydrogen (secondary N) is 1. The smallest absolute Gasteiger partial charge is 0.321 e. The van der Waals surface area contributed by atoms with Crippen LogP contribution in [0.3, 0.4) is 0 Å². The van der Waals surface area contributed by atoms with Crippen molar-refractivity contribution in [3.8, 4) is 0 Å². The third kappa shape index (κ3) is 2.00. The molecular weight excluding hydrogens is 230 g/mol. The molecule has 3 saturated heterocycles. The summed E-state index contributed by atoms with van der Waals surface area (Å²) in [5.41, 5.74) is 0. The average molecular weight is 251 g/mol. The second-order valence-electron chi connectivity index (χ2n) is 5.86. The van der Waals surface area contributed by atoms with Gasteiger partial charge in [0, 0.05) is 25.2 Å². The van der Waals surface area contributed by atoms with Gasteiger partial charge >= 0.3 is 6.03 Å². The molecule has 3 unspecified atom stereocenters. The molecule has 18 heavy (non-hydrogen) atoms. The zero-order valence-electron chi connectivity index (χ0n) is 10.9. The fourth-order valence-corrected chi connectivity index (χ4v) is 3.56. The zero-order chi connectivity index (χ0) is 12.7. The van der Waals surface area contributed by atoms with Crippen LogP contribution < -0.4 is 5.32 Å². The van der Waals surface area contributed by atoms with Crippen molar-refractivity contribution >= 4 is 11.9 Å². The maximum atomic E-state index is 11.9. The zero-order valence-corrected chi connectivity index (χ0v) is 10.9. The highest BCUT2D eigenvalue weighted by molar-refractivity contribution is 5.97. The lowest BCUT2D eigenvalue weighted by Crippen LogP contribution is -2.59. The van der Waals surface area contributed by atoms with E-state index in [0.29, 0.717) is 18.6 Å². The second kappa shape index (κ2) is 4.53. The molecule has 3 heterocycles. The quantitative estimate of drug-likeness (QED) is 0.750. The largest absolute Gasteiger partial charge is 0.324 e. The molecule has 3 aliphatic heterocycles. The lowest BCUT2D eigenvalue weighted by atomic mass is 9.95. The summed E-state index contributed by atoms with van der Waals surface area (Å²) in [6.07, 6.45) is 4.68. The lowest BCUT2D eigenvalue weighted by Gasteiger charge is -2.42. The number of urea groups is 1. The highest BCUT2D eigenvalue weighted by Crippen LogP contribution is 2.30. The van der Waals surface area contributed by atoms with E-state index in [-0.39, 0.29) is 17.9 Å². The van der Waals surface area contributed by atoms with Crippen LogP contribution >= 0.6 is 0 Å². The van der Waals surface area contributed by atoms with E-state index in [9.17, 15) is 9.59 Å². The predicted octanol–water partition coefficient (Wildman–Crippen LogP) is 0.801. The Hall–Kier alpha value is -1.10. The number of hydrogen-bond donors (Lipinski definition) is 1. The summed E-state index contributed by atoms with van der Waals surface area (Å²) in [5, 5.41) is 2.47. The van der Waals surface area contributed by atoms with E-state index in [1.165, 1.54) is 19.4 Å². The lowest BCUT2D eigenvalue weighted by molar-refractivity contribution is -0.125. The fourth-order valence-electron chi connectivity index (χ4n) is 3.56. The van der Waals surface area contributed by atoms with Crippen LogP contribution in [0.5, 0.6) is 0 Å². The van der Waals surface area contributed by atoms with Gasteiger partial charge in [0.25, 0.3) is 0 Å².